The van der Waals surface area contributed by atoms with Gasteiger partial charge in [0.25, 0.3) is 0 Å². The highest BCUT2D eigenvalue weighted by Gasteiger charge is 2.32. The van der Waals surface area contributed by atoms with Crippen molar-refractivity contribution in [1.29, 1.82) is 0 Å². The highest BCUT2D eigenvalue weighted by molar-refractivity contribution is 5.66. The molecular formula is C14H18N2O3. The molecule has 1 aromatic rings. The maximum Gasteiger partial charge on any atom is 0.407 e. The number of nitrogens with zero attached hydrogens (tertiary/aromatic N) is 2. The third-order valence-corrected chi connectivity index (χ3v) is 4.07. The van der Waals surface area contributed by atoms with Gasteiger partial charge in [0.2, 0.25) is 0 Å². The fourth-order valence-corrected chi connectivity index (χ4v) is 2.75. The Labute approximate surface area is 112 Å². The lowest BCUT2D eigenvalue weighted by Crippen LogP contribution is -2.48. The van der Waals surface area contributed by atoms with Crippen LogP contribution in [0, 0.1) is 0 Å². The first-order valence-electron chi connectivity index (χ1n) is 6.75. The third kappa shape index (κ3) is 2.56. The van der Waals surface area contributed by atoms with Gasteiger partial charge >= 0.3 is 6.09 Å². The average Bonchev–Trinajstić information content (AvgIpc) is 2.38. The van der Waals surface area contributed by atoms with Crippen LogP contribution in [-0.2, 0) is 4.74 Å². The van der Waals surface area contributed by atoms with Crippen LogP contribution < -0.4 is 0 Å². The molecular weight excluding hydrogens is 244 g/mol. The van der Waals surface area contributed by atoms with Crippen molar-refractivity contribution in [2.45, 2.75) is 24.7 Å². The van der Waals surface area contributed by atoms with E-state index in [0.717, 1.165) is 31.7 Å². The molecule has 5 heteroatoms. The van der Waals surface area contributed by atoms with Crippen molar-refractivity contribution >= 4 is 6.09 Å². The van der Waals surface area contributed by atoms with Crippen LogP contribution in [0.4, 0.5) is 4.79 Å². The number of likely N-dealkylation sites (tertiary alicyclic amines) is 1. The lowest BCUT2D eigenvalue weighted by atomic mass is 9.91. The maximum absolute atomic E-state index is 10.7. The Morgan fingerprint density at radius 3 is 2.58 bits per heavy atom. The van der Waals surface area contributed by atoms with Gasteiger partial charge in [-0.15, -0.1) is 0 Å². The van der Waals surface area contributed by atoms with Crippen LogP contribution >= 0.6 is 0 Å². The first kappa shape index (κ1) is 12.4. The highest BCUT2D eigenvalue weighted by atomic mass is 16.5. The molecule has 0 unspecified atom stereocenters. The molecule has 1 aromatic heterocycles. The van der Waals surface area contributed by atoms with E-state index in [-0.39, 0.29) is 5.92 Å². The van der Waals surface area contributed by atoms with E-state index in [1.54, 1.807) is 0 Å². The Balaban J connectivity index is 1.61. The number of amides is 1. The molecule has 2 saturated heterocycles. The van der Waals surface area contributed by atoms with Gasteiger partial charge in [-0.05, 0) is 30.4 Å². The molecule has 2 fully saturated rings. The van der Waals surface area contributed by atoms with E-state index in [1.165, 1.54) is 10.5 Å². The van der Waals surface area contributed by atoms with E-state index in [2.05, 4.69) is 17.1 Å². The monoisotopic (exact) mass is 262 g/mol. The number of ether oxygens (including phenoxy) is 1. The lowest BCUT2D eigenvalue weighted by Gasteiger charge is -2.36. The Bertz CT molecular complexity index is 448. The zero-order chi connectivity index (χ0) is 13.2. The second kappa shape index (κ2) is 5.17. The first-order valence-corrected chi connectivity index (χ1v) is 6.75. The Morgan fingerprint density at radius 1 is 1.26 bits per heavy atom. The minimum Gasteiger partial charge on any atom is -0.465 e. The molecule has 0 aromatic carbocycles. The van der Waals surface area contributed by atoms with Gasteiger partial charge in [-0.3, -0.25) is 4.98 Å². The zero-order valence-corrected chi connectivity index (χ0v) is 10.8. The van der Waals surface area contributed by atoms with E-state index < -0.39 is 6.09 Å². The maximum atomic E-state index is 10.7. The Hall–Kier alpha value is -1.62. The summed E-state index contributed by atoms with van der Waals surface area (Å²) in [5, 5.41) is 8.81. The Kier molecular flexibility index (Phi) is 3.38. The van der Waals surface area contributed by atoms with Crippen LogP contribution in [0.1, 0.15) is 35.9 Å². The van der Waals surface area contributed by atoms with E-state index in [0.29, 0.717) is 19.0 Å². The molecule has 0 bridgehead atoms. The summed E-state index contributed by atoms with van der Waals surface area (Å²) in [7, 11) is 0. The average molecular weight is 262 g/mol. The molecule has 2 aliphatic heterocycles. The van der Waals surface area contributed by atoms with Crippen molar-refractivity contribution < 1.29 is 14.6 Å². The van der Waals surface area contributed by atoms with E-state index in [1.807, 2.05) is 6.20 Å². The number of carbonyl (C=O) groups is 1. The largest absolute Gasteiger partial charge is 0.465 e. The first-order chi connectivity index (χ1) is 9.24. The molecule has 3 rings (SSSR count). The van der Waals surface area contributed by atoms with Crippen LogP contribution in [0.5, 0.6) is 0 Å². The van der Waals surface area contributed by atoms with Gasteiger partial charge in [-0.2, -0.15) is 0 Å². The van der Waals surface area contributed by atoms with Gasteiger partial charge in [0.05, 0.1) is 0 Å². The second-order valence-electron chi connectivity index (χ2n) is 5.29. The van der Waals surface area contributed by atoms with Crippen molar-refractivity contribution in [3.05, 3.63) is 29.6 Å². The van der Waals surface area contributed by atoms with Gasteiger partial charge < -0.3 is 14.7 Å². The van der Waals surface area contributed by atoms with E-state index in [9.17, 15) is 4.79 Å². The molecule has 2 aliphatic rings. The van der Waals surface area contributed by atoms with E-state index >= 15 is 0 Å². The predicted octanol–water partition coefficient (Wildman–Crippen LogP) is 2.05. The summed E-state index contributed by atoms with van der Waals surface area (Å²) in [6.07, 6.45) is 3.25. The van der Waals surface area contributed by atoms with Crippen LogP contribution in [0.25, 0.3) is 0 Å². The molecule has 1 N–H and O–H groups in total. The summed E-state index contributed by atoms with van der Waals surface area (Å²) in [4.78, 5) is 16.6. The van der Waals surface area contributed by atoms with Crippen LogP contribution in [0.3, 0.4) is 0 Å². The van der Waals surface area contributed by atoms with Crippen LogP contribution in [0.2, 0.25) is 0 Å². The normalized spacial score (nSPS) is 21.2. The molecule has 0 radical (unpaired) electrons. The predicted molar refractivity (Wildman–Crippen MR) is 69.4 cm³/mol. The lowest BCUT2D eigenvalue weighted by molar-refractivity contribution is 0.0852. The molecule has 0 saturated carbocycles. The van der Waals surface area contributed by atoms with Crippen molar-refractivity contribution in [2.24, 2.45) is 0 Å². The minimum absolute atomic E-state index is 0.264. The van der Waals surface area contributed by atoms with Crippen molar-refractivity contribution in [1.82, 2.24) is 9.88 Å². The topological polar surface area (TPSA) is 62.7 Å². The summed E-state index contributed by atoms with van der Waals surface area (Å²) in [6.45, 7) is 2.81. The second-order valence-corrected chi connectivity index (χ2v) is 5.29. The number of carboxylic acid groups (broad SMARTS) is 1. The van der Waals surface area contributed by atoms with Crippen LogP contribution in [-0.4, -0.2) is 47.4 Å². The quantitative estimate of drug-likeness (QED) is 0.886. The van der Waals surface area contributed by atoms with Gasteiger partial charge in [0.15, 0.2) is 0 Å². The molecule has 0 atom stereocenters. The molecule has 3 heterocycles. The summed E-state index contributed by atoms with van der Waals surface area (Å²) < 4.78 is 5.36. The third-order valence-electron chi connectivity index (χ3n) is 4.07. The standard InChI is InChI=1S/C14H18N2O3/c17-14(18)16-8-12(9-16)13-2-1-11(7-15-13)10-3-5-19-6-4-10/h1-2,7,10,12H,3-6,8-9H2,(H,17,18). The number of hydrogen-bond acceptors (Lipinski definition) is 3. The summed E-state index contributed by atoms with van der Waals surface area (Å²) >= 11 is 0. The van der Waals surface area contributed by atoms with E-state index in [4.69, 9.17) is 9.84 Å². The van der Waals surface area contributed by atoms with Crippen molar-refractivity contribution in [3.63, 3.8) is 0 Å². The number of pyridine rings is 1. The zero-order valence-electron chi connectivity index (χ0n) is 10.8. The number of hydrogen-bond donors (Lipinski definition) is 1. The Morgan fingerprint density at radius 2 is 2.00 bits per heavy atom. The van der Waals surface area contributed by atoms with Crippen molar-refractivity contribution in [2.75, 3.05) is 26.3 Å². The molecule has 102 valence electrons. The van der Waals surface area contributed by atoms with Gasteiger partial charge in [0, 0.05) is 44.1 Å². The summed E-state index contributed by atoms with van der Waals surface area (Å²) in [5.74, 6) is 0.826. The summed E-state index contributed by atoms with van der Waals surface area (Å²) in [5.41, 5.74) is 2.29. The molecule has 0 aliphatic carbocycles. The fourth-order valence-electron chi connectivity index (χ4n) is 2.75. The van der Waals surface area contributed by atoms with Gasteiger partial charge in [-0.25, -0.2) is 4.79 Å². The van der Waals surface area contributed by atoms with Crippen LogP contribution in [0.15, 0.2) is 18.3 Å². The SMILES string of the molecule is O=C(O)N1CC(c2ccc(C3CCOCC3)cn2)C1. The fraction of sp³-hybridized carbons (Fsp3) is 0.571. The number of rotatable bonds is 2. The van der Waals surface area contributed by atoms with Crippen molar-refractivity contribution in [3.8, 4) is 0 Å². The van der Waals surface area contributed by atoms with Gasteiger partial charge in [-0.1, -0.05) is 6.07 Å². The molecule has 5 nitrogen and oxygen atoms in total. The minimum atomic E-state index is -0.838. The summed E-state index contributed by atoms with van der Waals surface area (Å²) in [6, 6.07) is 4.19. The molecule has 0 spiro atoms. The smallest absolute Gasteiger partial charge is 0.407 e. The van der Waals surface area contributed by atoms with Gasteiger partial charge in [0.1, 0.15) is 0 Å². The highest BCUT2D eigenvalue weighted by Crippen LogP contribution is 2.29. The number of aromatic nitrogens is 1. The molecule has 19 heavy (non-hydrogen) atoms. The molecule has 1 amide bonds.